The molecule has 4 nitrogen and oxygen atoms in total. The molecule has 0 heterocycles. The van der Waals surface area contributed by atoms with Crippen LogP contribution in [0, 0.1) is 0 Å². The van der Waals surface area contributed by atoms with Crippen LogP contribution in [0.25, 0.3) is 0 Å². The summed E-state index contributed by atoms with van der Waals surface area (Å²) in [6.07, 6.45) is 0. The van der Waals surface area contributed by atoms with Gasteiger partial charge in [-0.3, -0.25) is 0 Å². The molecule has 0 saturated carbocycles. The summed E-state index contributed by atoms with van der Waals surface area (Å²) in [5.74, 6) is 0.121. The normalized spacial score (nSPS) is 9.80. The smallest absolute Gasteiger partial charge is 0.337 e. The van der Waals surface area contributed by atoms with E-state index in [1.54, 1.807) is 18.2 Å². The van der Waals surface area contributed by atoms with Crippen molar-refractivity contribution in [1.29, 1.82) is 0 Å². The van der Waals surface area contributed by atoms with Gasteiger partial charge in [-0.1, -0.05) is 0 Å². The van der Waals surface area contributed by atoms with Gasteiger partial charge in [0.1, 0.15) is 5.75 Å². The van der Waals surface area contributed by atoms with Crippen molar-refractivity contribution in [3.05, 3.63) is 29.3 Å². The number of benzene rings is 1. The van der Waals surface area contributed by atoms with Crippen LogP contribution in [-0.4, -0.2) is 24.8 Å². The molecule has 0 aliphatic heterocycles. The van der Waals surface area contributed by atoms with Crippen LogP contribution < -0.4 is 4.74 Å². The molecule has 0 amide bonds. The molecule has 0 atom stereocenters. The average Bonchev–Trinajstić information content (AvgIpc) is 2.28. The van der Waals surface area contributed by atoms with Crippen molar-refractivity contribution >= 4 is 5.97 Å². The predicted molar refractivity (Wildman–Crippen MR) is 54.9 cm³/mol. The van der Waals surface area contributed by atoms with E-state index in [2.05, 4.69) is 4.74 Å². The van der Waals surface area contributed by atoms with Crippen molar-refractivity contribution in [2.75, 3.05) is 13.7 Å². The van der Waals surface area contributed by atoms with Gasteiger partial charge in [0, 0.05) is 0 Å². The van der Waals surface area contributed by atoms with E-state index in [1.165, 1.54) is 7.11 Å². The molecule has 0 aromatic heterocycles. The van der Waals surface area contributed by atoms with Gasteiger partial charge >= 0.3 is 5.97 Å². The fourth-order valence-corrected chi connectivity index (χ4v) is 1.24. The Balaban J connectivity index is 3.05. The number of methoxy groups -OCH3 is 1. The largest absolute Gasteiger partial charge is 0.494 e. The van der Waals surface area contributed by atoms with Crippen molar-refractivity contribution in [3.8, 4) is 5.75 Å². The molecule has 0 bridgehead atoms. The fourth-order valence-electron chi connectivity index (χ4n) is 1.24. The number of ether oxygens (including phenoxy) is 2. The highest BCUT2D eigenvalue weighted by Gasteiger charge is 2.08. The van der Waals surface area contributed by atoms with Crippen LogP contribution in [0.15, 0.2) is 18.2 Å². The SMILES string of the molecule is CCOc1cc(CO)cc(C(=O)OC)c1. The van der Waals surface area contributed by atoms with Crippen molar-refractivity contribution in [3.63, 3.8) is 0 Å². The Morgan fingerprint density at radius 2 is 2.13 bits per heavy atom. The number of esters is 1. The first-order chi connectivity index (χ1) is 7.21. The Hall–Kier alpha value is -1.55. The minimum Gasteiger partial charge on any atom is -0.494 e. The maximum absolute atomic E-state index is 11.3. The molecule has 0 aliphatic rings. The molecule has 0 saturated heterocycles. The molecule has 1 aromatic rings. The molecule has 1 rings (SSSR count). The van der Waals surface area contributed by atoms with Gasteiger partial charge in [0.25, 0.3) is 0 Å². The van der Waals surface area contributed by atoms with Crippen LogP contribution in [0.1, 0.15) is 22.8 Å². The first kappa shape index (κ1) is 11.5. The Bertz CT molecular complexity index is 346. The van der Waals surface area contributed by atoms with Crippen LogP contribution in [0.4, 0.5) is 0 Å². The summed E-state index contributed by atoms with van der Waals surface area (Å²) >= 11 is 0. The Kier molecular flexibility index (Phi) is 4.12. The molecule has 1 aromatic carbocycles. The molecule has 0 spiro atoms. The highest BCUT2D eigenvalue weighted by atomic mass is 16.5. The molecule has 0 unspecified atom stereocenters. The molecular formula is C11H14O4. The van der Waals surface area contributed by atoms with Crippen molar-refractivity contribution in [2.45, 2.75) is 13.5 Å². The first-order valence-electron chi connectivity index (χ1n) is 4.67. The first-order valence-corrected chi connectivity index (χ1v) is 4.67. The van der Waals surface area contributed by atoms with Crippen molar-refractivity contribution < 1.29 is 19.4 Å². The quantitative estimate of drug-likeness (QED) is 0.762. The number of aliphatic hydroxyl groups excluding tert-OH is 1. The van der Waals surface area contributed by atoms with Crippen LogP contribution in [0.2, 0.25) is 0 Å². The second-order valence-corrected chi connectivity index (χ2v) is 2.95. The van der Waals surface area contributed by atoms with Gasteiger partial charge < -0.3 is 14.6 Å². The van der Waals surface area contributed by atoms with Crippen LogP contribution >= 0.6 is 0 Å². The van der Waals surface area contributed by atoms with E-state index in [4.69, 9.17) is 9.84 Å². The summed E-state index contributed by atoms with van der Waals surface area (Å²) in [7, 11) is 1.31. The Labute approximate surface area is 88.4 Å². The molecule has 0 fully saturated rings. The summed E-state index contributed by atoms with van der Waals surface area (Å²) in [4.78, 5) is 11.3. The summed E-state index contributed by atoms with van der Waals surface area (Å²) in [6.45, 7) is 2.23. The molecule has 15 heavy (non-hydrogen) atoms. The molecule has 4 heteroatoms. The predicted octanol–water partition coefficient (Wildman–Crippen LogP) is 1.36. The third-order valence-electron chi connectivity index (χ3n) is 1.88. The molecule has 82 valence electrons. The maximum atomic E-state index is 11.3. The molecule has 1 N–H and O–H groups in total. The number of carbonyl (C=O) groups is 1. The zero-order valence-corrected chi connectivity index (χ0v) is 8.82. The van der Waals surface area contributed by atoms with E-state index in [0.29, 0.717) is 23.5 Å². The van der Waals surface area contributed by atoms with Gasteiger partial charge in [-0.15, -0.1) is 0 Å². The lowest BCUT2D eigenvalue weighted by Crippen LogP contribution is -2.03. The van der Waals surface area contributed by atoms with Crippen LogP contribution in [-0.2, 0) is 11.3 Å². The van der Waals surface area contributed by atoms with E-state index in [-0.39, 0.29) is 6.61 Å². The summed E-state index contributed by atoms with van der Waals surface area (Å²) in [6, 6.07) is 4.86. The Morgan fingerprint density at radius 3 is 2.67 bits per heavy atom. The fraction of sp³-hybridized carbons (Fsp3) is 0.364. The summed E-state index contributed by atoms with van der Waals surface area (Å²) < 4.78 is 9.86. The lowest BCUT2D eigenvalue weighted by Gasteiger charge is -2.07. The van der Waals surface area contributed by atoms with Crippen molar-refractivity contribution in [1.82, 2.24) is 0 Å². The maximum Gasteiger partial charge on any atom is 0.337 e. The number of carbonyl (C=O) groups excluding carboxylic acids is 1. The lowest BCUT2D eigenvalue weighted by atomic mass is 10.1. The van der Waals surface area contributed by atoms with Gasteiger partial charge in [-0.2, -0.15) is 0 Å². The van der Waals surface area contributed by atoms with Crippen LogP contribution in [0.5, 0.6) is 5.75 Å². The second kappa shape index (κ2) is 5.36. The van der Waals surface area contributed by atoms with E-state index >= 15 is 0 Å². The summed E-state index contributed by atoms with van der Waals surface area (Å²) in [5, 5.41) is 9.00. The lowest BCUT2D eigenvalue weighted by molar-refractivity contribution is 0.0600. The van der Waals surface area contributed by atoms with E-state index < -0.39 is 5.97 Å². The van der Waals surface area contributed by atoms with Gasteiger partial charge in [-0.05, 0) is 30.7 Å². The van der Waals surface area contributed by atoms with E-state index in [9.17, 15) is 4.79 Å². The standard InChI is InChI=1S/C11H14O4/c1-3-15-10-5-8(7-12)4-9(6-10)11(13)14-2/h4-6,12H,3,7H2,1-2H3. The number of aliphatic hydroxyl groups is 1. The molecular weight excluding hydrogens is 196 g/mol. The monoisotopic (exact) mass is 210 g/mol. The Morgan fingerprint density at radius 1 is 1.40 bits per heavy atom. The summed E-state index contributed by atoms with van der Waals surface area (Å²) in [5.41, 5.74) is 1.01. The second-order valence-electron chi connectivity index (χ2n) is 2.95. The number of rotatable bonds is 4. The highest BCUT2D eigenvalue weighted by Crippen LogP contribution is 2.18. The van der Waals surface area contributed by atoms with Crippen molar-refractivity contribution in [2.24, 2.45) is 0 Å². The van der Waals surface area contributed by atoms with Gasteiger partial charge in [0.05, 0.1) is 25.9 Å². The third-order valence-corrected chi connectivity index (χ3v) is 1.88. The third kappa shape index (κ3) is 2.95. The average molecular weight is 210 g/mol. The molecule has 0 aliphatic carbocycles. The van der Waals surface area contributed by atoms with E-state index in [1.807, 2.05) is 6.92 Å². The van der Waals surface area contributed by atoms with Gasteiger partial charge in [0.15, 0.2) is 0 Å². The molecule has 0 radical (unpaired) electrons. The minimum atomic E-state index is -0.439. The zero-order valence-electron chi connectivity index (χ0n) is 8.82. The van der Waals surface area contributed by atoms with Crippen LogP contribution in [0.3, 0.4) is 0 Å². The minimum absolute atomic E-state index is 0.134. The number of hydrogen-bond acceptors (Lipinski definition) is 4. The van der Waals surface area contributed by atoms with E-state index in [0.717, 1.165) is 0 Å². The van der Waals surface area contributed by atoms with Gasteiger partial charge in [0.2, 0.25) is 0 Å². The van der Waals surface area contributed by atoms with Gasteiger partial charge in [-0.25, -0.2) is 4.79 Å². The zero-order chi connectivity index (χ0) is 11.3. The topological polar surface area (TPSA) is 55.8 Å². The number of hydrogen-bond donors (Lipinski definition) is 1. The highest BCUT2D eigenvalue weighted by molar-refractivity contribution is 5.90.